The van der Waals surface area contributed by atoms with Crippen molar-refractivity contribution in [3.05, 3.63) is 47.3 Å². The van der Waals surface area contributed by atoms with Crippen molar-refractivity contribution in [1.29, 1.82) is 0 Å². The number of rotatable bonds is 7. The smallest absolute Gasteiger partial charge is 0.332 e. The average Bonchev–Trinajstić information content (AvgIpc) is 2.97. The summed E-state index contributed by atoms with van der Waals surface area (Å²) >= 11 is 1.70. The molecule has 0 saturated heterocycles. The van der Waals surface area contributed by atoms with Crippen LogP contribution in [0.15, 0.2) is 41.8 Å². The summed E-state index contributed by atoms with van der Waals surface area (Å²) in [5.41, 5.74) is 2.16. The number of thiophene rings is 1. The lowest BCUT2D eigenvalue weighted by molar-refractivity contribution is -0.152. The Kier molecular flexibility index (Phi) is 5.53. The second kappa shape index (κ2) is 7.38. The van der Waals surface area contributed by atoms with Gasteiger partial charge in [-0.1, -0.05) is 44.2 Å². The Labute approximate surface area is 129 Å². The van der Waals surface area contributed by atoms with Gasteiger partial charge in [-0.3, -0.25) is 0 Å². The molecule has 0 saturated carbocycles. The van der Waals surface area contributed by atoms with Crippen LogP contribution >= 0.6 is 11.3 Å². The molecule has 0 spiro atoms. The highest BCUT2D eigenvalue weighted by Gasteiger charge is 2.19. The van der Waals surface area contributed by atoms with Crippen molar-refractivity contribution in [2.45, 2.75) is 33.0 Å². The number of aliphatic carboxylic acids is 1. The predicted octanol–water partition coefficient (Wildman–Crippen LogP) is 4.43. The van der Waals surface area contributed by atoms with Crippen LogP contribution in [-0.4, -0.2) is 17.2 Å². The summed E-state index contributed by atoms with van der Waals surface area (Å²) in [6.07, 6.45) is -0.204. The van der Waals surface area contributed by atoms with E-state index in [0.29, 0.717) is 18.9 Å². The zero-order valence-electron chi connectivity index (χ0n) is 12.3. The summed E-state index contributed by atoms with van der Waals surface area (Å²) in [5, 5.41) is 11.2. The number of hydrogen-bond acceptors (Lipinski definition) is 3. The van der Waals surface area contributed by atoms with Crippen molar-refractivity contribution in [3.63, 3.8) is 0 Å². The summed E-state index contributed by atoms with van der Waals surface area (Å²) in [6, 6.07) is 12.2. The van der Waals surface area contributed by atoms with Crippen LogP contribution in [0.3, 0.4) is 0 Å². The van der Waals surface area contributed by atoms with Gasteiger partial charge in [0, 0.05) is 4.88 Å². The van der Waals surface area contributed by atoms with Gasteiger partial charge >= 0.3 is 5.97 Å². The molecule has 112 valence electrons. The van der Waals surface area contributed by atoms with Crippen LogP contribution in [0.25, 0.3) is 10.4 Å². The monoisotopic (exact) mass is 304 g/mol. The van der Waals surface area contributed by atoms with Gasteiger partial charge in [0.05, 0.1) is 6.61 Å². The molecule has 0 aliphatic rings. The maximum atomic E-state index is 11.1. The molecule has 0 aliphatic carbocycles. The molecule has 3 nitrogen and oxygen atoms in total. The first-order valence-electron chi connectivity index (χ1n) is 7.03. The van der Waals surface area contributed by atoms with Gasteiger partial charge in [0.15, 0.2) is 6.10 Å². The second-order valence-corrected chi connectivity index (χ2v) is 6.39. The van der Waals surface area contributed by atoms with Crippen molar-refractivity contribution in [3.8, 4) is 10.4 Å². The van der Waals surface area contributed by atoms with Gasteiger partial charge in [-0.25, -0.2) is 4.79 Å². The zero-order chi connectivity index (χ0) is 15.2. The number of carboxylic acid groups (broad SMARTS) is 1. The van der Waals surface area contributed by atoms with E-state index in [1.165, 1.54) is 10.4 Å². The first kappa shape index (κ1) is 15.7. The molecule has 1 heterocycles. The zero-order valence-corrected chi connectivity index (χ0v) is 13.1. The number of benzene rings is 1. The summed E-state index contributed by atoms with van der Waals surface area (Å²) in [6.45, 7) is 4.32. The fourth-order valence-electron chi connectivity index (χ4n) is 2.07. The van der Waals surface area contributed by atoms with Crippen molar-refractivity contribution in [2.75, 3.05) is 0 Å². The minimum absolute atomic E-state index is 0.298. The molecule has 2 aromatic rings. The van der Waals surface area contributed by atoms with E-state index in [1.807, 2.05) is 44.2 Å². The first-order chi connectivity index (χ1) is 10.1. The molecule has 21 heavy (non-hydrogen) atoms. The lowest BCUT2D eigenvalue weighted by atomic mass is 10.1. The summed E-state index contributed by atoms with van der Waals surface area (Å²) in [4.78, 5) is 12.4. The van der Waals surface area contributed by atoms with Gasteiger partial charge in [0.1, 0.15) is 0 Å². The van der Waals surface area contributed by atoms with Crippen LogP contribution in [0.5, 0.6) is 0 Å². The molecule has 2 rings (SSSR count). The van der Waals surface area contributed by atoms with E-state index >= 15 is 0 Å². The molecular weight excluding hydrogens is 284 g/mol. The van der Waals surface area contributed by atoms with Crippen LogP contribution in [0, 0.1) is 5.92 Å². The second-order valence-electron chi connectivity index (χ2n) is 5.44. The van der Waals surface area contributed by atoms with Crippen molar-refractivity contribution in [1.82, 2.24) is 0 Å². The van der Waals surface area contributed by atoms with Crippen LogP contribution in [0.2, 0.25) is 0 Å². The average molecular weight is 304 g/mol. The molecule has 0 aliphatic heterocycles. The Balaban J connectivity index is 1.95. The minimum atomic E-state index is -0.890. The molecule has 0 radical (unpaired) electrons. The van der Waals surface area contributed by atoms with Crippen LogP contribution < -0.4 is 0 Å². The topological polar surface area (TPSA) is 46.5 Å². The van der Waals surface area contributed by atoms with Crippen molar-refractivity contribution in [2.24, 2.45) is 5.92 Å². The molecule has 1 atom stereocenters. The van der Waals surface area contributed by atoms with Gasteiger partial charge in [-0.2, -0.15) is 0 Å². The van der Waals surface area contributed by atoms with Crippen LogP contribution in [0.4, 0.5) is 0 Å². The Morgan fingerprint density at radius 1 is 1.24 bits per heavy atom. The summed E-state index contributed by atoms with van der Waals surface area (Å²) in [7, 11) is 0. The van der Waals surface area contributed by atoms with Gasteiger partial charge < -0.3 is 9.84 Å². The third kappa shape index (κ3) is 4.69. The van der Waals surface area contributed by atoms with E-state index in [9.17, 15) is 4.79 Å². The van der Waals surface area contributed by atoms with E-state index in [1.54, 1.807) is 11.3 Å². The van der Waals surface area contributed by atoms with Crippen molar-refractivity contribution >= 4 is 17.3 Å². The van der Waals surface area contributed by atoms with E-state index in [0.717, 1.165) is 5.56 Å². The molecule has 0 bridgehead atoms. The van der Waals surface area contributed by atoms with Gasteiger partial charge in [-0.15, -0.1) is 11.3 Å². The van der Waals surface area contributed by atoms with Crippen LogP contribution in [0.1, 0.15) is 25.8 Å². The number of carboxylic acids is 1. The Morgan fingerprint density at radius 3 is 2.48 bits per heavy atom. The first-order valence-corrected chi connectivity index (χ1v) is 7.91. The van der Waals surface area contributed by atoms with E-state index in [-0.39, 0.29) is 0 Å². The number of ether oxygens (including phenoxy) is 1. The SMILES string of the molecule is CC(C)CC(OCc1ccc(-c2cccs2)cc1)C(=O)O. The highest BCUT2D eigenvalue weighted by molar-refractivity contribution is 7.13. The van der Waals surface area contributed by atoms with Crippen LogP contribution in [-0.2, 0) is 16.1 Å². The molecular formula is C17H20O3S. The molecule has 0 amide bonds. The van der Waals surface area contributed by atoms with Gasteiger partial charge in [0.2, 0.25) is 0 Å². The lowest BCUT2D eigenvalue weighted by Gasteiger charge is -2.15. The van der Waals surface area contributed by atoms with E-state index in [2.05, 4.69) is 11.4 Å². The van der Waals surface area contributed by atoms with Gasteiger partial charge in [0.25, 0.3) is 0 Å². The summed E-state index contributed by atoms with van der Waals surface area (Å²) in [5.74, 6) is -0.591. The third-order valence-corrected chi connectivity index (χ3v) is 4.09. The molecule has 0 fully saturated rings. The standard InChI is InChI=1S/C17H20O3S/c1-12(2)10-15(17(18)19)20-11-13-5-7-14(8-6-13)16-4-3-9-21-16/h3-9,12,15H,10-11H2,1-2H3,(H,18,19). The number of carbonyl (C=O) groups is 1. The highest BCUT2D eigenvalue weighted by atomic mass is 32.1. The maximum Gasteiger partial charge on any atom is 0.332 e. The molecule has 1 N–H and O–H groups in total. The van der Waals surface area contributed by atoms with Crippen molar-refractivity contribution < 1.29 is 14.6 Å². The number of hydrogen-bond donors (Lipinski definition) is 1. The summed E-state index contributed by atoms with van der Waals surface area (Å²) < 4.78 is 5.53. The molecule has 1 aromatic heterocycles. The van der Waals surface area contributed by atoms with Gasteiger partial charge in [-0.05, 0) is 34.9 Å². The molecule has 4 heteroatoms. The fraction of sp³-hybridized carbons (Fsp3) is 0.353. The quantitative estimate of drug-likeness (QED) is 0.823. The highest BCUT2D eigenvalue weighted by Crippen LogP contribution is 2.25. The predicted molar refractivity (Wildman–Crippen MR) is 85.4 cm³/mol. The Morgan fingerprint density at radius 2 is 1.95 bits per heavy atom. The molecule has 1 unspecified atom stereocenters. The Bertz CT molecular complexity index is 558. The third-order valence-electron chi connectivity index (χ3n) is 3.17. The Hall–Kier alpha value is -1.65. The molecule has 1 aromatic carbocycles. The van der Waals surface area contributed by atoms with E-state index < -0.39 is 12.1 Å². The largest absolute Gasteiger partial charge is 0.479 e. The normalized spacial score (nSPS) is 12.5. The van der Waals surface area contributed by atoms with E-state index in [4.69, 9.17) is 9.84 Å². The maximum absolute atomic E-state index is 11.1. The lowest BCUT2D eigenvalue weighted by Crippen LogP contribution is -2.25. The minimum Gasteiger partial charge on any atom is -0.479 e. The fourth-order valence-corrected chi connectivity index (χ4v) is 2.81.